The van der Waals surface area contributed by atoms with Crippen LogP contribution in [-0.4, -0.2) is 73.3 Å². The zero-order chi connectivity index (χ0) is 31.1. The van der Waals surface area contributed by atoms with E-state index in [-0.39, 0.29) is 42.2 Å². The highest BCUT2D eigenvalue weighted by atomic mass is 19.1. The molecular weight excluding hydrogens is 563 g/mol. The summed E-state index contributed by atoms with van der Waals surface area (Å²) in [5.74, 6) is 0.225. The van der Waals surface area contributed by atoms with Gasteiger partial charge in [-0.05, 0) is 80.5 Å². The van der Waals surface area contributed by atoms with Gasteiger partial charge in [0.05, 0.1) is 13.3 Å². The maximum absolute atomic E-state index is 14.1. The Morgan fingerprint density at radius 3 is 2.55 bits per heavy atom. The standard InChI is InChI=1S/C34H49FN4O5/c1-43-18-5-19-44-34(42)30-21-25-20-26(12-13-29(25)38-30)37-32(40)31-27(22-6-3-2-4-7-22)15-17-39(31)33(41)24-10-8-23(9-11-24)28(36)14-16-35/h12-13,20-24,27-28,31,38H,2-11,14-19,36H2,1H3,(H,37,40)/t23?,24?,27-,28+,31-/m0/s1. The molecule has 0 bridgehead atoms. The molecule has 2 amide bonds. The van der Waals surface area contributed by atoms with Crippen LogP contribution in [0.1, 0.15) is 87.5 Å². The SMILES string of the molecule is COCCCOC(=O)c1cc2cc(NC(=O)[C@@H]3[C@H](C4CCCCC4)CCN3C(=O)C3CCC([C@H](N)CCF)CC3)ccc2[nH]1. The van der Waals surface area contributed by atoms with E-state index in [0.29, 0.717) is 43.3 Å². The topological polar surface area (TPSA) is 127 Å². The van der Waals surface area contributed by atoms with Gasteiger partial charge in [0, 0.05) is 55.2 Å². The van der Waals surface area contributed by atoms with Crippen molar-refractivity contribution in [2.75, 3.05) is 38.9 Å². The molecule has 1 aromatic heterocycles. The lowest BCUT2D eigenvalue weighted by Gasteiger charge is -2.37. The maximum Gasteiger partial charge on any atom is 0.354 e. The molecule has 44 heavy (non-hydrogen) atoms. The van der Waals surface area contributed by atoms with Crippen LogP contribution >= 0.6 is 0 Å². The van der Waals surface area contributed by atoms with Crippen molar-refractivity contribution in [3.8, 4) is 0 Å². The summed E-state index contributed by atoms with van der Waals surface area (Å²) < 4.78 is 23.2. The number of aromatic amines is 1. The number of aromatic nitrogens is 1. The molecule has 0 radical (unpaired) electrons. The van der Waals surface area contributed by atoms with Gasteiger partial charge in [-0.2, -0.15) is 0 Å². The number of fused-ring (bicyclic) bond motifs is 1. The molecule has 2 aromatic rings. The van der Waals surface area contributed by atoms with Crippen LogP contribution in [0, 0.1) is 23.7 Å². The van der Waals surface area contributed by atoms with Crippen molar-refractivity contribution in [2.24, 2.45) is 29.4 Å². The zero-order valence-corrected chi connectivity index (χ0v) is 26.0. The van der Waals surface area contributed by atoms with Gasteiger partial charge in [0.1, 0.15) is 11.7 Å². The second-order valence-corrected chi connectivity index (χ2v) is 13.0. The van der Waals surface area contributed by atoms with Gasteiger partial charge in [-0.3, -0.25) is 14.0 Å². The molecule has 2 heterocycles. The Morgan fingerprint density at radius 1 is 1.05 bits per heavy atom. The van der Waals surface area contributed by atoms with Crippen LogP contribution in [0.5, 0.6) is 0 Å². The van der Waals surface area contributed by atoms with E-state index >= 15 is 0 Å². The number of carbonyl (C=O) groups is 3. The summed E-state index contributed by atoms with van der Waals surface area (Å²) in [6.07, 6.45) is 10.8. The van der Waals surface area contributed by atoms with Gasteiger partial charge in [0.15, 0.2) is 0 Å². The summed E-state index contributed by atoms with van der Waals surface area (Å²) in [6, 6.07) is 6.59. The van der Waals surface area contributed by atoms with E-state index in [1.54, 1.807) is 13.2 Å². The predicted octanol–water partition coefficient (Wildman–Crippen LogP) is 5.59. The van der Waals surface area contributed by atoms with E-state index in [9.17, 15) is 18.8 Å². The van der Waals surface area contributed by atoms with Crippen molar-refractivity contribution in [1.82, 2.24) is 9.88 Å². The summed E-state index contributed by atoms with van der Waals surface area (Å²) in [4.78, 5) is 45.5. The van der Waals surface area contributed by atoms with Crippen LogP contribution in [-0.2, 0) is 19.1 Å². The largest absolute Gasteiger partial charge is 0.461 e. The van der Waals surface area contributed by atoms with Crippen LogP contribution in [0.2, 0.25) is 0 Å². The number of nitrogens with zero attached hydrogens (tertiary/aromatic N) is 1. The molecular formula is C34H49FN4O5. The third-order valence-electron chi connectivity index (χ3n) is 10.3. The number of esters is 1. The molecule has 5 rings (SSSR count). The van der Waals surface area contributed by atoms with Crippen molar-refractivity contribution in [3.05, 3.63) is 30.0 Å². The Hall–Kier alpha value is -2.98. The van der Waals surface area contributed by atoms with Crippen LogP contribution < -0.4 is 11.1 Å². The van der Waals surface area contributed by atoms with Gasteiger partial charge >= 0.3 is 5.97 Å². The first kappa shape index (κ1) is 32.4. The first-order valence-electron chi connectivity index (χ1n) is 16.6. The highest BCUT2D eigenvalue weighted by molar-refractivity contribution is 6.01. The lowest BCUT2D eigenvalue weighted by Crippen LogP contribution is -2.50. The minimum atomic E-state index is -0.503. The fourth-order valence-electron chi connectivity index (χ4n) is 7.83. The number of nitrogens with one attached hydrogen (secondary N) is 2. The lowest BCUT2D eigenvalue weighted by molar-refractivity contribution is -0.142. The van der Waals surface area contributed by atoms with Gasteiger partial charge in [-0.15, -0.1) is 0 Å². The Kier molecular flexibility index (Phi) is 11.3. The number of hydrogen-bond donors (Lipinski definition) is 3. The second-order valence-electron chi connectivity index (χ2n) is 13.0. The molecule has 3 aliphatic rings. The third-order valence-corrected chi connectivity index (χ3v) is 10.3. The van der Waals surface area contributed by atoms with Gasteiger partial charge in [-0.1, -0.05) is 32.1 Å². The normalized spacial score (nSPS) is 25.2. The number of benzene rings is 1. The summed E-state index contributed by atoms with van der Waals surface area (Å²) in [5, 5.41) is 3.92. The maximum atomic E-state index is 14.1. The number of H-pyrrole nitrogens is 1. The molecule has 10 heteroatoms. The first-order chi connectivity index (χ1) is 21.4. The molecule has 1 aromatic carbocycles. The van der Waals surface area contributed by atoms with Crippen LogP contribution in [0.4, 0.5) is 10.1 Å². The Balaban J connectivity index is 1.28. The number of ether oxygens (including phenoxy) is 2. The van der Waals surface area contributed by atoms with Crippen molar-refractivity contribution >= 4 is 34.4 Å². The number of likely N-dealkylation sites (tertiary alicyclic amines) is 1. The van der Waals surface area contributed by atoms with Crippen molar-refractivity contribution in [3.63, 3.8) is 0 Å². The average molecular weight is 613 g/mol. The molecule has 0 unspecified atom stereocenters. The minimum Gasteiger partial charge on any atom is -0.461 e. The number of nitrogens with two attached hydrogens (primary N) is 1. The monoisotopic (exact) mass is 612 g/mol. The third kappa shape index (κ3) is 7.62. The van der Waals surface area contributed by atoms with Gasteiger partial charge in [-0.25, -0.2) is 4.79 Å². The van der Waals surface area contributed by atoms with Gasteiger partial charge in [0.25, 0.3) is 0 Å². The van der Waals surface area contributed by atoms with E-state index in [2.05, 4.69) is 10.3 Å². The number of halogens is 1. The molecule has 0 spiro atoms. The van der Waals surface area contributed by atoms with E-state index < -0.39 is 18.7 Å². The Labute approximate surface area is 259 Å². The number of carbonyl (C=O) groups excluding carboxylic acids is 3. The van der Waals surface area contributed by atoms with Gasteiger partial charge in [0.2, 0.25) is 11.8 Å². The molecule has 1 aliphatic heterocycles. The molecule has 2 saturated carbocycles. The van der Waals surface area contributed by atoms with E-state index in [4.69, 9.17) is 15.2 Å². The molecule has 4 N–H and O–H groups in total. The zero-order valence-electron chi connectivity index (χ0n) is 26.0. The van der Waals surface area contributed by atoms with Crippen LogP contribution in [0.25, 0.3) is 10.9 Å². The number of anilines is 1. The fraction of sp³-hybridized carbons (Fsp3) is 0.676. The van der Waals surface area contributed by atoms with Crippen LogP contribution in [0.15, 0.2) is 24.3 Å². The van der Waals surface area contributed by atoms with Crippen LogP contribution in [0.3, 0.4) is 0 Å². The Bertz CT molecular complexity index is 1270. The molecule has 1 saturated heterocycles. The van der Waals surface area contributed by atoms with E-state index in [1.807, 2.05) is 23.1 Å². The molecule has 3 atom stereocenters. The summed E-state index contributed by atoms with van der Waals surface area (Å²) in [5.41, 5.74) is 7.95. The number of rotatable bonds is 12. The number of methoxy groups -OCH3 is 1. The Morgan fingerprint density at radius 2 is 1.82 bits per heavy atom. The number of hydrogen-bond acceptors (Lipinski definition) is 6. The highest BCUT2D eigenvalue weighted by Gasteiger charge is 2.47. The van der Waals surface area contributed by atoms with Gasteiger partial charge < -0.3 is 30.4 Å². The molecule has 242 valence electrons. The fourth-order valence-corrected chi connectivity index (χ4v) is 7.83. The smallest absolute Gasteiger partial charge is 0.354 e. The predicted molar refractivity (Wildman–Crippen MR) is 168 cm³/mol. The quantitative estimate of drug-likeness (QED) is 0.212. The lowest BCUT2D eigenvalue weighted by atomic mass is 9.76. The summed E-state index contributed by atoms with van der Waals surface area (Å²) >= 11 is 0. The van der Waals surface area contributed by atoms with Crippen molar-refractivity contribution in [1.29, 1.82) is 0 Å². The minimum absolute atomic E-state index is 0.0794. The molecule has 9 nitrogen and oxygen atoms in total. The second kappa shape index (κ2) is 15.3. The summed E-state index contributed by atoms with van der Waals surface area (Å²) in [6.45, 7) is 0.988. The number of amides is 2. The van der Waals surface area contributed by atoms with Crippen molar-refractivity contribution in [2.45, 2.75) is 89.1 Å². The first-order valence-corrected chi connectivity index (χ1v) is 16.6. The molecule has 2 aliphatic carbocycles. The highest BCUT2D eigenvalue weighted by Crippen LogP contribution is 2.41. The average Bonchev–Trinajstić information content (AvgIpc) is 3.68. The van der Waals surface area contributed by atoms with E-state index in [0.717, 1.165) is 55.8 Å². The summed E-state index contributed by atoms with van der Waals surface area (Å²) in [7, 11) is 1.61. The number of alkyl halides is 1. The van der Waals surface area contributed by atoms with E-state index in [1.165, 1.54) is 19.3 Å². The molecule has 3 fully saturated rings. The van der Waals surface area contributed by atoms with Crippen molar-refractivity contribution < 1.29 is 28.2 Å².